The molecule has 0 spiro atoms. The summed E-state index contributed by atoms with van der Waals surface area (Å²) in [5.74, 6) is -0.740. The van der Waals surface area contributed by atoms with Crippen molar-refractivity contribution in [2.75, 3.05) is 0 Å². The summed E-state index contributed by atoms with van der Waals surface area (Å²) >= 11 is 1.44. The molecule has 6 heteroatoms. The molecule has 0 saturated carbocycles. The maximum atomic E-state index is 13.0. The van der Waals surface area contributed by atoms with E-state index in [1.165, 1.54) is 29.5 Å². The molecule has 0 aliphatic carbocycles. The standard InChI is InChI=1S/C12H12FNO2S2/c1-2-12-14-10(7-17-12)8-18(15,16)11-5-3-4-9(13)6-11/h3-7H,2,8H2,1H3. The van der Waals surface area contributed by atoms with Crippen molar-refractivity contribution < 1.29 is 12.8 Å². The van der Waals surface area contributed by atoms with Gasteiger partial charge in [0.1, 0.15) is 5.82 Å². The van der Waals surface area contributed by atoms with Gasteiger partial charge in [-0.05, 0) is 24.6 Å². The van der Waals surface area contributed by atoms with Crippen LogP contribution in [0.4, 0.5) is 4.39 Å². The van der Waals surface area contributed by atoms with E-state index in [-0.39, 0.29) is 10.6 Å². The molecule has 0 bridgehead atoms. The van der Waals surface area contributed by atoms with Gasteiger partial charge in [-0.1, -0.05) is 13.0 Å². The number of thiazole rings is 1. The average molecular weight is 285 g/mol. The Labute approximate surface area is 109 Å². The topological polar surface area (TPSA) is 47.0 Å². The van der Waals surface area contributed by atoms with Crippen molar-refractivity contribution in [2.24, 2.45) is 0 Å². The van der Waals surface area contributed by atoms with Crippen LogP contribution in [0, 0.1) is 5.82 Å². The predicted octanol–water partition coefficient (Wildman–Crippen LogP) is 2.82. The zero-order valence-corrected chi connectivity index (χ0v) is 11.4. The maximum Gasteiger partial charge on any atom is 0.184 e. The monoisotopic (exact) mass is 285 g/mol. The highest BCUT2D eigenvalue weighted by Crippen LogP contribution is 2.19. The van der Waals surface area contributed by atoms with Gasteiger partial charge in [-0.3, -0.25) is 0 Å². The Morgan fingerprint density at radius 1 is 1.39 bits per heavy atom. The van der Waals surface area contributed by atoms with Gasteiger partial charge in [0.15, 0.2) is 9.84 Å². The summed E-state index contributed by atoms with van der Waals surface area (Å²) in [7, 11) is -3.53. The predicted molar refractivity (Wildman–Crippen MR) is 68.8 cm³/mol. The smallest absolute Gasteiger partial charge is 0.184 e. The number of nitrogens with zero attached hydrogens (tertiary/aromatic N) is 1. The summed E-state index contributed by atoms with van der Waals surface area (Å²) in [5, 5.41) is 2.63. The highest BCUT2D eigenvalue weighted by Gasteiger charge is 2.17. The van der Waals surface area contributed by atoms with E-state index in [9.17, 15) is 12.8 Å². The molecule has 0 aliphatic heterocycles. The zero-order valence-electron chi connectivity index (χ0n) is 9.76. The van der Waals surface area contributed by atoms with Gasteiger partial charge in [0, 0.05) is 5.38 Å². The minimum atomic E-state index is -3.53. The lowest BCUT2D eigenvalue weighted by atomic mass is 10.4. The second-order valence-electron chi connectivity index (χ2n) is 3.80. The summed E-state index contributed by atoms with van der Waals surface area (Å²) in [4.78, 5) is 4.20. The van der Waals surface area contributed by atoms with Crippen LogP contribution in [0.1, 0.15) is 17.6 Å². The molecule has 96 valence electrons. The lowest BCUT2D eigenvalue weighted by Gasteiger charge is -2.02. The Balaban J connectivity index is 2.27. The van der Waals surface area contributed by atoms with Crippen LogP contribution in [0.15, 0.2) is 34.5 Å². The van der Waals surface area contributed by atoms with E-state index in [0.717, 1.165) is 17.5 Å². The average Bonchev–Trinajstić information content (AvgIpc) is 2.76. The van der Waals surface area contributed by atoms with E-state index in [1.54, 1.807) is 5.38 Å². The molecule has 0 N–H and O–H groups in total. The highest BCUT2D eigenvalue weighted by atomic mass is 32.2. The van der Waals surface area contributed by atoms with E-state index < -0.39 is 15.7 Å². The van der Waals surface area contributed by atoms with Gasteiger partial charge in [-0.2, -0.15) is 0 Å². The first-order chi connectivity index (χ1) is 8.51. The molecule has 0 unspecified atom stereocenters. The van der Waals surface area contributed by atoms with Crippen molar-refractivity contribution in [1.29, 1.82) is 0 Å². The van der Waals surface area contributed by atoms with Crippen molar-refractivity contribution >= 4 is 21.2 Å². The molecule has 2 rings (SSSR count). The van der Waals surface area contributed by atoms with Crippen LogP contribution in [0.25, 0.3) is 0 Å². The van der Waals surface area contributed by atoms with Gasteiger partial charge in [0.25, 0.3) is 0 Å². The van der Waals surface area contributed by atoms with Crippen molar-refractivity contribution in [1.82, 2.24) is 4.98 Å². The first-order valence-electron chi connectivity index (χ1n) is 5.43. The van der Waals surface area contributed by atoms with Crippen LogP contribution in [0.5, 0.6) is 0 Å². The Morgan fingerprint density at radius 2 is 2.17 bits per heavy atom. The molecule has 1 aromatic carbocycles. The van der Waals surface area contributed by atoms with Gasteiger partial charge >= 0.3 is 0 Å². The van der Waals surface area contributed by atoms with Crippen LogP contribution in [-0.2, 0) is 22.0 Å². The molecule has 0 saturated heterocycles. The number of halogens is 1. The van der Waals surface area contributed by atoms with Gasteiger partial charge < -0.3 is 0 Å². The van der Waals surface area contributed by atoms with Crippen molar-refractivity contribution in [3.05, 3.63) is 46.2 Å². The number of aromatic nitrogens is 1. The van der Waals surface area contributed by atoms with E-state index >= 15 is 0 Å². The molecular formula is C12H12FNO2S2. The summed E-state index contributed by atoms with van der Waals surface area (Å²) in [6.45, 7) is 1.96. The molecule has 0 aliphatic rings. The van der Waals surface area contributed by atoms with Crippen molar-refractivity contribution in [2.45, 2.75) is 24.0 Å². The summed E-state index contributed by atoms with van der Waals surface area (Å²) in [5.41, 5.74) is 0.515. The van der Waals surface area contributed by atoms with Crippen LogP contribution in [0.3, 0.4) is 0 Å². The van der Waals surface area contributed by atoms with E-state index in [0.29, 0.717) is 5.69 Å². The molecular weight excluding hydrogens is 273 g/mol. The summed E-state index contributed by atoms with van der Waals surface area (Å²) in [6.07, 6.45) is 0.782. The number of benzene rings is 1. The van der Waals surface area contributed by atoms with Crippen LogP contribution in [-0.4, -0.2) is 13.4 Å². The van der Waals surface area contributed by atoms with E-state index in [2.05, 4.69) is 4.98 Å². The van der Waals surface area contributed by atoms with Gasteiger partial charge in [-0.25, -0.2) is 17.8 Å². The van der Waals surface area contributed by atoms with Crippen LogP contribution < -0.4 is 0 Å². The maximum absolute atomic E-state index is 13.0. The SMILES string of the molecule is CCc1nc(CS(=O)(=O)c2cccc(F)c2)cs1. The molecule has 0 fully saturated rings. The number of sulfone groups is 1. The molecule has 0 radical (unpaired) electrons. The second kappa shape index (κ2) is 5.16. The minimum Gasteiger partial charge on any atom is -0.245 e. The Bertz CT molecular complexity index is 650. The Morgan fingerprint density at radius 3 is 2.78 bits per heavy atom. The molecule has 0 atom stereocenters. The third-order valence-corrected chi connectivity index (χ3v) is 5.08. The molecule has 1 aromatic heterocycles. The summed E-state index contributed by atoms with van der Waals surface area (Å²) in [6, 6.07) is 5.03. The number of aryl methyl sites for hydroxylation is 1. The fourth-order valence-corrected chi connectivity index (χ4v) is 3.65. The fourth-order valence-electron chi connectivity index (χ4n) is 1.52. The van der Waals surface area contributed by atoms with Crippen LogP contribution in [0.2, 0.25) is 0 Å². The summed E-state index contributed by atoms with van der Waals surface area (Å²) < 4.78 is 37.1. The highest BCUT2D eigenvalue weighted by molar-refractivity contribution is 7.90. The Hall–Kier alpha value is -1.27. The number of hydrogen-bond acceptors (Lipinski definition) is 4. The number of hydrogen-bond donors (Lipinski definition) is 0. The molecule has 2 aromatic rings. The van der Waals surface area contributed by atoms with Gasteiger partial charge in [0.2, 0.25) is 0 Å². The Kier molecular flexibility index (Phi) is 3.77. The minimum absolute atomic E-state index is 0.00597. The van der Waals surface area contributed by atoms with Crippen molar-refractivity contribution in [3.63, 3.8) is 0 Å². The lowest BCUT2D eigenvalue weighted by Crippen LogP contribution is -2.05. The number of rotatable bonds is 4. The normalized spacial score (nSPS) is 11.7. The third kappa shape index (κ3) is 2.94. The largest absolute Gasteiger partial charge is 0.245 e. The molecule has 3 nitrogen and oxygen atoms in total. The molecule has 18 heavy (non-hydrogen) atoms. The molecule has 0 amide bonds. The third-order valence-electron chi connectivity index (χ3n) is 2.39. The van der Waals surface area contributed by atoms with Crippen LogP contribution >= 0.6 is 11.3 Å². The van der Waals surface area contributed by atoms with E-state index in [1.807, 2.05) is 6.92 Å². The zero-order chi connectivity index (χ0) is 13.2. The first-order valence-corrected chi connectivity index (χ1v) is 7.96. The molecule has 1 heterocycles. The quantitative estimate of drug-likeness (QED) is 0.868. The van der Waals surface area contributed by atoms with Gasteiger partial charge in [-0.15, -0.1) is 11.3 Å². The van der Waals surface area contributed by atoms with Gasteiger partial charge in [0.05, 0.1) is 21.3 Å². The fraction of sp³-hybridized carbons (Fsp3) is 0.250. The lowest BCUT2D eigenvalue weighted by molar-refractivity contribution is 0.589. The van der Waals surface area contributed by atoms with E-state index in [4.69, 9.17) is 0 Å². The van der Waals surface area contributed by atoms with Crippen molar-refractivity contribution in [3.8, 4) is 0 Å². The first kappa shape index (κ1) is 13.2. The second-order valence-corrected chi connectivity index (χ2v) is 6.73.